The highest BCUT2D eigenvalue weighted by Gasteiger charge is 2.40. The number of benzene rings is 2. The fraction of sp³-hybridized carbons (Fsp3) is 0.211. The van der Waals surface area contributed by atoms with Crippen molar-refractivity contribution in [3.8, 4) is 11.5 Å². The fourth-order valence-corrected chi connectivity index (χ4v) is 3.47. The molecule has 2 atom stereocenters. The Labute approximate surface area is 164 Å². The lowest BCUT2D eigenvalue weighted by Gasteiger charge is -2.15. The molecule has 2 unspecified atom stereocenters. The topological polar surface area (TPSA) is 100 Å². The van der Waals surface area contributed by atoms with Gasteiger partial charge in [0.25, 0.3) is 5.91 Å². The zero-order valence-corrected chi connectivity index (χ0v) is 16.1. The average Bonchev–Trinajstić information content (AvgIpc) is 3.06. The molecule has 1 aliphatic rings. The Bertz CT molecular complexity index is 886. The summed E-state index contributed by atoms with van der Waals surface area (Å²) in [6, 6.07) is 12.6. The summed E-state index contributed by atoms with van der Waals surface area (Å²) in [7, 11) is 1.44. The quantitative estimate of drug-likeness (QED) is 0.383. The lowest BCUT2D eigenvalue weighted by molar-refractivity contribution is -0.133. The molecule has 0 bridgehead atoms. The molecule has 140 valence electrons. The van der Waals surface area contributed by atoms with Gasteiger partial charge in [0.2, 0.25) is 5.91 Å². The van der Waals surface area contributed by atoms with Crippen LogP contribution in [0.3, 0.4) is 0 Å². The Hall–Kier alpha value is -2.87. The number of nitrogens with zero attached hydrogens (tertiary/aromatic N) is 1. The molecule has 2 aromatic carbocycles. The first-order chi connectivity index (χ1) is 13.0. The minimum Gasteiger partial charge on any atom is -0.504 e. The van der Waals surface area contributed by atoms with Crippen LogP contribution in [0.1, 0.15) is 17.0 Å². The molecular formula is C19H18BrN3O4. The van der Waals surface area contributed by atoms with Crippen LogP contribution in [-0.2, 0) is 9.59 Å². The predicted octanol–water partition coefficient (Wildman–Crippen LogP) is 2.14. The Morgan fingerprint density at radius 1 is 1.37 bits per heavy atom. The molecule has 1 heterocycles. The maximum atomic E-state index is 12.5. The number of phenols is 1. The highest BCUT2D eigenvalue weighted by molar-refractivity contribution is 9.10. The minimum absolute atomic E-state index is 0.0977. The zero-order valence-electron chi connectivity index (χ0n) is 14.5. The molecule has 2 aromatic rings. The molecule has 1 aliphatic heterocycles. The van der Waals surface area contributed by atoms with Gasteiger partial charge in [0, 0.05) is 22.5 Å². The van der Waals surface area contributed by atoms with Gasteiger partial charge in [0.1, 0.15) is 5.92 Å². The van der Waals surface area contributed by atoms with E-state index in [-0.39, 0.29) is 23.3 Å². The summed E-state index contributed by atoms with van der Waals surface area (Å²) in [5.41, 5.74) is 3.66. The van der Waals surface area contributed by atoms with Crippen molar-refractivity contribution in [1.82, 2.24) is 10.7 Å². The first kappa shape index (κ1) is 18.9. The van der Waals surface area contributed by atoms with E-state index in [1.165, 1.54) is 13.3 Å². The van der Waals surface area contributed by atoms with Crippen molar-refractivity contribution in [1.29, 1.82) is 0 Å². The predicted molar refractivity (Wildman–Crippen MR) is 104 cm³/mol. The smallest absolute Gasteiger partial charge is 0.253 e. The Balaban J connectivity index is 1.74. The Morgan fingerprint density at radius 2 is 2.11 bits per heavy atom. The van der Waals surface area contributed by atoms with Crippen LogP contribution in [0.25, 0.3) is 0 Å². The van der Waals surface area contributed by atoms with Gasteiger partial charge in [-0.25, -0.2) is 5.43 Å². The lowest BCUT2D eigenvalue weighted by atomic mass is 9.88. The molecule has 1 saturated heterocycles. The number of aromatic hydroxyl groups is 1. The third-order valence-electron chi connectivity index (χ3n) is 4.36. The molecule has 3 N–H and O–H groups in total. The van der Waals surface area contributed by atoms with E-state index < -0.39 is 11.8 Å². The molecule has 27 heavy (non-hydrogen) atoms. The summed E-state index contributed by atoms with van der Waals surface area (Å²) in [6.07, 6.45) is 1.30. The van der Waals surface area contributed by atoms with E-state index in [9.17, 15) is 14.7 Å². The van der Waals surface area contributed by atoms with Gasteiger partial charge in [-0.05, 0) is 17.7 Å². The number of ether oxygens (including phenoxy) is 1. The third-order valence-corrected chi connectivity index (χ3v) is 4.82. The third kappa shape index (κ3) is 4.11. The summed E-state index contributed by atoms with van der Waals surface area (Å²) in [5, 5.41) is 16.7. The van der Waals surface area contributed by atoms with Crippen LogP contribution in [0.4, 0.5) is 0 Å². The second kappa shape index (κ2) is 8.22. The molecule has 8 heteroatoms. The molecule has 7 nitrogen and oxygen atoms in total. The summed E-state index contributed by atoms with van der Waals surface area (Å²) in [4.78, 5) is 24.7. The Morgan fingerprint density at radius 3 is 2.81 bits per heavy atom. The normalized spacial score (nSPS) is 19.1. The van der Waals surface area contributed by atoms with E-state index in [1.807, 2.05) is 30.3 Å². The van der Waals surface area contributed by atoms with E-state index in [4.69, 9.17) is 4.74 Å². The summed E-state index contributed by atoms with van der Waals surface area (Å²) in [5.74, 6) is -1.78. The van der Waals surface area contributed by atoms with Crippen molar-refractivity contribution in [3.05, 3.63) is 58.1 Å². The summed E-state index contributed by atoms with van der Waals surface area (Å²) in [6.45, 7) is 0.397. The highest BCUT2D eigenvalue weighted by atomic mass is 79.9. The number of hydrogen-bond acceptors (Lipinski definition) is 5. The SMILES string of the molecule is COc1cc(Br)cc(/C=N/NC(=O)C2C(=O)NCC2c2ccccc2)c1O. The van der Waals surface area contributed by atoms with Crippen LogP contribution in [-0.4, -0.2) is 36.8 Å². The first-order valence-electron chi connectivity index (χ1n) is 8.23. The molecule has 1 fully saturated rings. The van der Waals surface area contributed by atoms with Gasteiger partial charge in [0.05, 0.1) is 13.3 Å². The molecule has 3 rings (SSSR count). The number of carbonyl (C=O) groups excluding carboxylic acids is 2. The molecule has 0 aliphatic carbocycles. The largest absolute Gasteiger partial charge is 0.504 e. The van der Waals surface area contributed by atoms with Crippen molar-refractivity contribution in [2.24, 2.45) is 11.0 Å². The number of carbonyl (C=O) groups is 2. The van der Waals surface area contributed by atoms with E-state index in [2.05, 4.69) is 31.8 Å². The van der Waals surface area contributed by atoms with Crippen LogP contribution in [0.15, 0.2) is 52.0 Å². The number of nitrogens with one attached hydrogen (secondary N) is 2. The maximum Gasteiger partial charge on any atom is 0.253 e. The Kier molecular flexibility index (Phi) is 5.75. The molecular weight excluding hydrogens is 414 g/mol. The van der Waals surface area contributed by atoms with E-state index in [0.29, 0.717) is 16.6 Å². The number of phenolic OH excluding ortho intramolecular Hbond substituents is 1. The average molecular weight is 432 g/mol. The van der Waals surface area contributed by atoms with Crippen molar-refractivity contribution < 1.29 is 19.4 Å². The van der Waals surface area contributed by atoms with Crippen molar-refractivity contribution in [2.75, 3.05) is 13.7 Å². The van der Waals surface area contributed by atoms with Crippen molar-refractivity contribution in [3.63, 3.8) is 0 Å². The van der Waals surface area contributed by atoms with Crippen LogP contribution in [0.2, 0.25) is 0 Å². The number of hydrazone groups is 1. The summed E-state index contributed by atoms with van der Waals surface area (Å²) >= 11 is 3.31. The van der Waals surface area contributed by atoms with E-state index in [1.54, 1.807) is 12.1 Å². The number of amides is 2. The number of rotatable bonds is 5. The molecule has 2 amide bonds. The van der Waals surface area contributed by atoms with E-state index in [0.717, 1.165) is 5.56 Å². The standard InChI is InChI=1S/C19H18BrN3O4/c1-27-15-8-13(20)7-12(17(15)24)9-22-23-19(26)16-14(10-21-18(16)25)11-5-3-2-4-6-11/h2-9,14,16,24H,10H2,1H3,(H,21,25)(H,23,26)/b22-9+. The number of methoxy groups -OCH3 is 1. The molecule has 0 aromatic heterocycles. The first-order valence-corrected chi connectivity index (χ1v) is 9.02. The lowest BCUT2D eigenvalue weighted by Crippen LogP contribution is -2.34. The van der Waals surface area contributed by atoms with Crippen molar-refractivity contribution in [2.45, 2.75) is 5.92 Å². The van der Waals surface area contributed by atoms with Gasteiger partial charge < -0.3 is 15.2 Å². The number of hydrogen-bond donors (Lipinski definition) is 3. The van der Waals surface area contributed by atoms with Crippen LogP contribution in [0, 0.1) is 5.92 Å². The van der Waals surface area contributed by atoms with Gasteiger partial charge in [0.15, 0.2) is 11.5 Å². The van der Waals surface area contributed by atoms with Gasteiger partial charge in [-0.1, -0.05) is 46.3 Å². The van der Waals surface area contributed by atoms with Crippen LogP contribution >= 0.6 is 15.9 Å². The van der Waals surface area contributed by atoms with Gasteiger partial charge in [-0.2, -0.15) is 5.10 Å². The van der Waals surface area contributed by atoms with Crippen LogP contribution < -0.4 is 15.5 Å². The molecule has 0 radical (unpaired) electrons. The van der Waals surface area contributed by atoms with E-state index >= 15 is 0 Å². The zero-order chi connectivity index (χ0) is 19.4. The second-order valence-corrected chi connectivity index (χ2v) is 6.94. The molecule has 0 saturated carbocycles. The van der Waals surface area contributed by atoms with Crippen molar-refractivity contribution >= 4 is 34.0 Å². The van der Waals surface area contributed by atoms with Gasteiger partial charge in [-0.15, -0.1) is 0 Å². The van der Waals surface area contributed by atoms with Crippen LogP contribution in [0.5, 0.6) is 11.5 Å². The fourth-order valence-electron chi connectivity index (χ4n) is 3.02. The second-order valence-electron chi connectivity index (χ2n) is 6.02. The summed E-state index contributed by atoms with van der Waals surface area (Å²) < 4.78 is 5.75. The minimum atomic E-state index is -0.866. The molecule has 0 spiro atoms. The highest BCUT2D eigenvalue weighted by Crippen LogP contribution is 2.32. The van der Waals surface area contributed by atoms with Gasteiger partial charge in [-0.3, -0.25) is 9.59 Å². The maximum absolute atomic E-state index is 12.5. The van der Waals surface area contributed by atoms with Gasteiger partial charge >= 0.3 is 0 Å². The monoisotopic (exact) mass is 431 g/mol. The number of halogens is 1.